The van der Waals surface area contributed by atoms with Gasteiger partial charge in [-0.25, -0.2) is 8.42 Å². The zero-order valence-corrected chi connectivity index (χ0v) is 17.8. The van der Waals surface area contributed by atoms with Crippen molar-refractivity contribution in [3.05, 3.63) is 59.7 Å². The van der Waals surface area contributed by atoms with E-state index in [4.69, 9.17) is 4.74 Å². The molecule has 1 heterocycles. The van der Waals surface area contributed by atoms with Gasteiger partial charge >= 0.3 is 0 Å². The number of rotatable bonds is 6. The minimum atomic E-state index is -3.64. The third kappa shape index (κ3) is 4.97. The first-order valence-corrected chi connectivity index (χ1v) is 11.3. The van der Waals surface area contributed by atoms with E-state index in [1.165, 1.54) is 23.5 Å². The van der Waals surface area contributed by atoms with Gasteiger partial charge in [-0.1, -0.05) is 43.2 Å². The fourth-order valence-electron chi connectivity index (χ4n) is 3.58. The quantitative estimate of drug-likeness (QED) is 0.723. The Morgan fingerprint density at radius 2 is 1.69 bits per heavy atom. The number of benzene rings is 2. The lowest BCUT2D eigenvalue weighted by Crippen LogP contribution is -2.32. The lowest BCUT2D eigenvalue weighted by molar-refractivity contribution is 0.0781. The van der Waals surface area contributed by atoms with Crippen LogP contribution in [0.25, 0.3) is 0 Å². The zero-order valence-electron chi connectivity index (χ0n) is 17.0. The molecule has 1 fully saturated rings. The number of hydrogen-bond acceptors (Lipinski definition) is 4. The first-order valence-electron chi connectivity index (χ1n) is 9.91. The summed E-state index contributed by atoms with van der Waals surface area (Å²) >= 11 is 0. The molecule has 0 unspecified atom stereocenters. The predicted octanol–water partition coefficient (Wildman–Crippen LogP) is 3.53. The molecule has 29 heavy (non-hydrogen) atoms. The van der Waals surface area contributed by atoms with Crippen LogP contribution in [0.2, 0.25) is 0 Å². The molecule has 0 spiro atoms. The van der Waals surface area contributed by atoms with Crippen molar-refractivity contribution in [2.24, 2.45) is 0 Å². The van der Waals surface area contributed by atoms with Crippen LogP contribution < -0.4 is 4.74 Å². The summed E-state index contributed by atoms with van der Waals surface area (Å²) in [7, 11) is -0.466. The molecule has 0 atom stereocenters. The van der Waals surface area contributed by atoms with E-state index in [1.54, 1.807) is 18.0 Å². The van der Waals surface area contributed by atoms with Crippen molar-refractivity contribution in [1.29, 1.82) is 0 Å². The highest BCUT2D eigenvalue weighted by Gasteiger charge is 2.27. The summed E-state index contributed by atoms with van der Waals surface area (Å²) < 4.78 is 33.1. The highest BCUT2D eigenvalue weighted by molar-refractivity contribution is 7.89. The molecule has 0 aromatic heterocycles. The van der Waals surface area contributed by atoms with Gasteiger partial charge in [-0.15, -0.1) is 0 Å². The summed E-state index contributed by atoms with van der Waals surface area (Å²) in [6.07, 6.45) is 3.81. The first kappa shape index (κ1) is 21.3. The van der Waals surface area contributed by atoms with Gasteiger partial charge in [0.1, 0.15) is 5.75 Å². The van der Waals surface area contributed by atoms with Crippen LogP contribution >= 0.6 is 0 Å². The fraction of sp³-hybridized carbons (Fsp3) is 0.409. The van der Waals surface area contributed by atoms with Crippen molar-refractivity contribution in [3.8, 4) is 5.75 Å². The maximum atomic E-state index is 13.1. The number of sulfonamides is 1. The predicted molar refractivity (Wildman–Crippen MR) is 112 cm³/mol. The minimum absolute atomic E-state index is 0.136. The Kier molecular flexibility index (Phi) is 6.92. The van der Waals surface area contributed by atoms with E-state index in [2.05, 4.69) is 0 Å². The highest BCUT2D eigenvalue weighted by Crippen LogP contribution is 2.27. The number of amides is 1. The van der Waals surface area contributed by atoms with Crippen molar-refractivity contribution >= 4 is 15.9 Å². The molecule has 0 N–H and O–H groups in total. The molecule has 1 amide bonds. The van der Waals surface area contributed by atoms with Crippen molar-refractivity contribution in [3.63, 3.8) is 0 Å². The molecule has 1 aliphatic rings. The molecule has 0 bridgehead atoms. The Morgan fingerprint density at radius 3 is 2.31 bits per heavy atom. The lowest BCUT2D eigenvalue weighted by Gasteiger charge is -2.22. The van der Waals surface area contributed by atoms with E-state index < -0.39 is 10.0 Å². The second-order valence-electron chi connectivity index (χ2n) is 7.33. The molecule has 3 rings (SSSR count). The Labute approximate surface area is 173 Å². The van der Waals surface area contributed by atoms with E-state index in [1.807, 2.05) is 30.3 Å². The molecular weight excluding hydrogens is 388 g/mol. The van der Waals surface area contributed by atoms with Gasteiger partial charge in [-0.05, 0) is 36.6 Å². The summed E-state index contributed by atoms with van der Waals surface area (Å²) in [6.45, 7) is 1.46. The summed E-state index contributed by atoms with van der Waals surface area (Å²) in [4.78, 5) is 14.8. The average Bonchev–Trinajstić information content (AvgIpc) is 3.03. The van der Waals surface area contributed by atoms with Crippen LogP contribution in [0.4, 0.5) is 0 Å². The Bertz CT molecular complexity index is 937. The fourth-order valence-corrected chi connectivity index (χ4v) is 5.12. The van der Waals surface area contributed by atoms with Crippen molar-refractivity contribution in [2.45, 2.75) is 37.1 Å². The van der Waals surface area contributed by atoms with Gasteiger partial charge in [0.15, 0.2) is 0 Å². The number of methoxy groups -OCH3 is 1. The van der Waals surface area contributed by atoms with Crippen molar-refractivity contribution < 1.29 is 17.9 Å². The number of nitrogens with zero attached hydrogens (tertiary/aromatic N) is 2. The molecule has 6 nitrogen and oxygen atoms in total. The SMILES string of the molecule is COc1ccc(S(=O)(=O)N2CCCCCC2)cc1C(=O)N(C)Cc1ccccc1. The van der Waals surface area contributed by atoms with E-state index in [0.717, 1.165) is 31.2 Å². The van der Waals surface area contributed by atoms with Gasteiger partial charge in [0.05, 0.1) is 17.6 Å². The van der Waals surface area contributed by atoms with Crippen LogP contribution in [-0.4, -0.2) is 50.8 Å². The third-order valence-electron chi connectivity index (χ3n) is 5.21. The Balaban J connectivity index is 1.89. The molecule has 0 radical (unpaired) electrons. The molecule has 7 heteroatoms. The van der Waals surface area contributed by atoms with Crippen LogP contribution in [0.1, 0.15) is 41.6 Å². The van der Waals surface area contributed by atoms with E-state index in [-0.39, 0.29) is 16.4 Å². The van der Waals surface area contributed by atoms with Gasteiger partial charge in [0.25, 0.3) is 5.91 Å². The van der Waals surface area contributed by atoms with Gasteiger partial charge < -0.3 is 9.64 Å². The van der Waals surface area contributed by atoms with Crippen LogP contribution in [0, 0.1) is 0 Å². The largest absolute Gasteiger partial charge is 0.496 e. The standard InChI is InChI=1S/C22H28N2O4S/c1-23(17-18-10-6-5-7-11-18)22(25)20-16-19(12-13-21(20)28-2)29(26,27)24-14-8-3-4-9-15-24/h5-7,10-13,16H,3-4,8-9,14-15,17H2,1-2H3. The molecule has 0 saturated carbocycles. The number of carbonyl (C=O) groups is 1. The van der Waals surface area contributed by atoms with Crippen LogP contribution in [-0.2, 0) is 16.6 Å². The summed E-state index contributed by atoms with van der Waals surface area (Å²) in [5.41, 5.74) is 1.25. The number of hydrogen-bond donors (Lipinski definition) is 0. The molecule has 0 aliphatic carbocycles. The van der Waals surface area contributed by atoms with E-state index in [0.29, 0.717) is 25.4 Å². The van der Waals surface area contributed by atoms with Crippen LogP contribution in [0.5, 0.6) is 5.75 Å². The summed E-state index contributed by atoms with van der Waals surface area (Å²) in [6, 6.07) is 14.2. The second-order valence-corrected chi connectivity index (χ2v) is 9.27. The third-order valence-corrected chi connectivity index (χ3v) is 7.11. The van der Waals surface area contributed by atoms with E-state index >= 15 is 0 Å². The van der Waals surface area contributed by atoms with Crippen molar-refractivity contribution in [2.75, 3.05) is 27.2 Å². The van der Waals surface area contributed by atoms with Crippen molar-refractivity contribution in [1.82, 2.24) is 9.21 Å². The minimum Gasteiger partial charge on any atom is -0.496 e. The summed E-state index contributed by atoms with van der Waals surface area (Å²) in [5.74, 6) is 0.0864. The maximum Gasteiger partial charge on any atom is 0.257 e. The molecular formula is C22H28N2O4S. The average molecular weight is 417 g/mol. The van der Waals surface area contributed by atoms with Gasteiger partial charge in [-0.3, -0.25) is 4.79 Å². The van der Waals surface area contributed by atoms with Crippen LogP contribution in [0.3, 0.4) is 0 Å². The van der Waals surface area contributed by atoms with Gasteiger partial charge in [0.2, 0.25) is 10.0 Å². The van der Waals surface area contributed by atoms with Crippen LogP contribution in [0.15, 0.2) is 53.4 Å². The maximum absolute atomic E-state index is 13.1. The molecule has 2 aromatic carbocycles. The number of ether oxygens (including phenoxy) is 1. The molecule has 1 saturated heterocycles. The first-order chi connectivity index (χ1) is 13.9. The second kappa shape index (κ2) is 9.41. The van der Waals surface area contributed by atoms with Gasteiger partial charge in [0, 0.05) is 26.7 Å². The molecule has 1 aliphatic heterocycles. The smallest absolute Gasteiger partial charge is 0.257 e. The Hall–Kier alpha value is -2.38. The topological polar surface area (TPSA) is 66.9 Å². The zero-order chi connectivity index (χ0) is 20.9. The Morgan fingerprint density at radius 1 is 1.03 bits per heavy atom. The monoisotopic (exact) mass is 416 g/mol. The van der Waals surface area contributed by atoms with Gasteiger partial charge in [-0.2, -0.15) is 4.31 Å². The number of carbonyl (C=O) groups excluding carboxylic acids is 1. The lowest BCUT2D eigenvalue weighted by atomic mass is 10.1. The highest BCUT2D eigenvalue weighted by atomic mass is 32.2. The molecule has 156 valence electrons. The summed E-state index contributed by atoms with van der Waals surface area (Å²) in [5, 5.41) is 0. The van der Waals surface area contributed by atoms with E-state index in [9.17, 15) is 13.2 Å². The molecule has 2 aromatic rings. The normalized spacial score (nSPS) is 15.5.